The maximum absolute atomic E-state index is 12.4. The van der Waals surface area contributed by atoms with Crippen molar-refractivity contribution in [2.24, 2.45) is 5.92 Å². The van der Waals surface area contributed by atoms with E-state index in [2.05, 4.69) is 23.8 Å². The average Bonchev–Trinajstić information content (AvgIpc) is 3.07. The molecule has 1 aliphatic rings. The highest BCUT2D eigenvalue weighted by atomic mass is 32.1. The number of carbonyl (C=O) groups excluding carboxylic acids is 1. The fourth-order valence-electron chi connectivity index (χ4n) is 2.36. The molecule has 1 aromatic rings. The third-order valence-electron chi connectivity index (χ3n) is 3.58. The van der Waals surface area contributed by atoms with Gasteiger partial charge in [-0.3, -0.25) is 4.79 Å². The summed E-state index contributed by atoms with van der Waals surface area (Å²) in [7, 11) is 0. The van der Waals surface area contributed by atoms with Gasteiger partial charge in [-0.1, -0.05) is 13.3 Å². The van der Waals surface area contributed by atoms with Crippen LogP contribution in [0, 0.1) is 5.92 Å². The zero-order valence-corrected chi connectivity index (χ0v) is 12.5. The number of ether oxygens (including phenoxy) is 1. The van der Waals surface area contributed by atoms with E-state index in [1.54, 1.807) is 11.3 Å². The normalized spacial score (nSPS) is 18.7. The molecule has 2 heterocycles. The predicted octanol–water partition coefficient (Wildman–Crippen LogP) is 3.30. The second-order valence-electron chi connectivity index (χ2n) is 5.23. The molecular weight excluding hydrogens is 258 g/mol. The van der Waals surface area contributed by atoms with Gasteiger partial charge in [-0.2, -0.15) is 11.3 Å². The maximum Gasteiger partial charge on any atom is 0.223 e. The van der Waals surface area contributed by atoms with Crippen LogP contribution in [0.3, 0.4) is 0 Å². The quantitative estimate of drug-likeness (QED) is 0.767. The Hall–Kier alpha value is -0.870. The molecule has 0 radical (unpaired) electrons. The number of nitrogens with zero attached hydrogens (tertiary/aromatic N) is 1. The van der Waals surface area contributed by atoms with Gasteiger partial charge in [0.2, 0.25) is 5.91 Å². The van der Waals surface area contributed by atoms with Gasteiger partial charge in [-0.05, 0) is 41.1 Å². The molecule has 2 rings (SSSR count). The molecule has 0 bridgehead atoms. The zero-order valence-electron chi connectivity index (χ0n) is 11.6. The molecule has 19 heavy (non-hydrogen) atoms. The topological polar surface area (TPSA) is 29.5 Å². The van der Waals surface area contributed by atoms with Crippen LogP contribution in [-0.2, 0) is 16.1 Å². The molecule has 0 aromatic carbocycles. The molecule has 0 aliphatic carbocycles. The van der Waals surface area contributed by atoms with E-state index < -0.39 is 0 Å². The number of hydrogen-bond acceptors (Lipinski definition) is 3. The maximum atomic E-state index is 12.4. The second-order valence-corrected chi connectivity index (χ2v) is 6.01. The van der Waals surface area contributed by atoms with Crippen LogP contribution in [0.25, 0.3) is 0 Å². The minimum atomic E-state index is 0.287. The van der Waals surface area contributed by atoms with Gasteiger partial charge >= 0.3 is 0 Å². The lowest BCUT2D eigenvalue weighted by molar-refractivity contribution is -0.133. The highest BCUT2D eigenvalue weighted by Gasteiger charge is 2.22. The third-order valence-corrected chi connectivity index (χ3v) is 4.31. The summed E-state index contributed by atoms with van der Waals surface area (Å²) in [4.78, 5) is 14.4. The van der Waals surface area contributed by atoms with Gasteiger partial charge in [-0.15, -0.1) is 0 Å². The Labute approximate surface area is 119 Å². The standard InChI is InChI=1S/C15H23NO2S/c1-2-3-6-16(10-14-5-8-19-12-14)15(17)9-13-4-7-18-11-13/h5,8,12-13H,2-4,6-7,9-11H2,1H3. The molecule has 0 saturated carbocycles. The van der Waals surface area contributed by atoms with Gasteiger partial charge in [-0.25, -0.2) is 0 Å². The lowest BCUT2D eigenvalue weighted by atomic mass is 10.0. The van der Waals surface area contributed by atoms with Gasteiger partial charge in [0.25, 0.3) is 0 Å². The predicted molar refractivity (Wildman–Crippen MR) is 78.2 cm³/mol. The second kappa shape index (κ2) is 7.65. The van der Waals surface area contributed by atoms with E-state index in [9.17, 15) is 4.79 Å². The van der Waals surface area contributed by atoms with Crippen LogP contribution in [0.5, 0.6) is 0 Å². The summed E-state index contributed by atoms with van der Waals surface area (Å²) in [5.41, 5.74) is 1.25. The monoisotopic (exact) mass is 281 g/mol. The van der Waals surface area contributed by atoms with Gasteiger partial charge in [0.05, 0.1) is 0 Å². The van der Waals surface area contributed by atoms with Crippen LogP contribution >= 0.6 is 11.3 Å². The highest BCUT2D eigenvalue weighted by molar-refractivity contribution is 7.07. The van der Waals surface area contributed by atoms with E-state index in [1.807, 2.05) is 4.90 Å². The minimum Gasteiger partial charge on any atom is -0.381 e. The number of thiophene rings is 1. The minimum absolute atomic E-state index is 0.287. The summed E-state index contributed by atoms with van der Waals surface area (Å²) in [6.07, 6.45) is 3.89. The first-order valence-corrected chi connectivity index (χ1v) is 8.10. The summed E-state index contributed by atoms with van der Waals surface area (Å²) in [6, 6.07) is 2.11. The summed E-state index contributed by atoms with van der Waals surface area (Å²) in [6.45, 7) is 5.37. The van der Waals surface area contributed by atoms with Gasteiger partial charge in [0.15, 0.2) is 0 Å². The summed E-state index contributed by atoms with van der Waals surface area (Å²) in [5, 5.41) is 4.20. The van der Waals surface area contributed by atoms with Gasteiger partial charge < -0.3 is 9.64 Å². The Morgan fingerprint density at radius 1 is 1.58 bits per heavy atom. The molecule has 1 saturated heterocycles. The summed E-state index contributed by atoms with van der Waals surface area (Å²) >= 11 is 1.69. The molecule has 0 N–H and O–H groups in total. The number of rotatable bonds is 7. The largest absolute Gasteiger partial charge is 0.381 e. The molecule has 0 spiro atoms. The fraction of sp³-hybridized carbons (Fsp3) is 0.667. The van der Waals surface area contributed by atoms with Crippen molar-refractivity contribution < 1.29 is 9.53 Å². The van der Waals surface area contributed by atoms with Crippen LogP contribution in [0.4, 0.5) is 0 Å². The van der Waals surface area contributed by atoms with Crippen LogP contribution in [0.1, 0.15) is 38.2 Å². The molecule has 1 amide bonds. The first-order chi connectivity index (χ1) is 9.29. The van der Waals surface area contributed by atoms with Crippen molar-refractivity contribution in [2.75, 3.05) is 19.8 Å². The Morgan fingerprint density at radius 2 is 2.47 bits per heavy atom. The van der Waals surface area contributed by atoms with Crippen molar-refractivity contribution in [3.05, 3.63) is 22.4 Å². The molecule has 1 aliphatic heterocycles. The van der Waals surface area contributed by atoms with Gasteiger partial charge in [0, 0.05) is 32.7 Å². The van der Waals surface area contributed by atoms with Crippen LogP contribution in [-0.4, -0.2) is 30.6 Å². The molecular formula is C15H23NO2S. The average molecular weight is 281 g/mol. The van der Waals surface area contributed by atoms with E-state index in [1.165, 1.54) is 5.56 Å². The number of hydrogen-bond donors (Lipinski definition) is 0. The van der Waals surface area contributed by atoms with Crippen LogP contribution < -0.4 is 0 Å². The molecule has 4 heteroatoms. The first kappa shape index (κ1) is 14.5. The molecule has 1 unspecified atom stereocenters. The van der Waals surface area contributed by atoms with E-state index in [-0.39, 0.29) is 5.91 Å². The van der Waals surface area contributed by atoms with Crippen molar-refractivity contribution in [3.8, 4) is 0 Å². The summed E-state index contributed by atoms with van der Waals surface area (Å²) < 4.78 is 5.36. The van der Waals surface area contributed by atoms with E-state index in [4.69, 9.17) is 4.74 Å². The molecule has 1 aromatic heterocycles. The van der Waals surface area contributed by atoms with E-state index >= 15 is 0 Å². The number of unbranched alkanes of at least 4 members (excludes halogenated alkanes) is 1. The lowest BCUT2D eigenvalue weighted by Crippen LogP contribution is -2.32. The van der Waals surface area contributed by atoms with Crippen LogP contribution in [0.2, 0.25) is 0 Å². The van der Waals surface area contributed by atoms with Crippen molar-refractivity contribution in [1.29, 1.82) is 0 Å². The summed E-state index contributed by atoms with van der Waals surface area (Å²) in [5.74, 6) is 0.717. The highest BCUT2D eigenvalue weighted by Crippen LogP contribution is 2.19. The zero-order chi connectivity index (χ0) is 13.5. The van der Waals surface area contributed by atoms with Crippen molar-refractivity contribution >= 4 is 17.2 Å². The van der Waals surface area contributed by atoms with Crippen LogP contribution in [0.15, 0.2) is 16.8 Å². The molecule has 3 nitrogen and oxygen atoms in total. The van der Waals surface area contributed by atoms with Crippen molar-refractivity contribution in [3.63, 3.8) is 0 Å². The lowest BCUT2D eigenvalue weighted by Gasteiger charge is -2.23. The molecule has 1 fully saturated rings. The Kier molecular flexibility index (Phi) is 5.86. The van der Waals surface area contributed by atoms with E-state index in [0.29, 0.717) is 12.3 Å². The Bertz CT molecular complexity index is 372. The van der Waals surface area contributed by atoms with Crippen molar-refractivity contribution in [1.82, 2.24) is 4.90 Å². The smallest absolute Gasteiger partial charge is 0.223 e. The molecule has 1 atom stereocenters. The van der Waals surface area contributed by atoms with Crippen molar-refractivity contribution in [2.45, 2.75) is 39.2 Å². The number of amides is 1. The third kappa shape index (κ3) is 4.62. The fourth-order valence-corrected chi connectivity index (χ4v) is 3.02. The number of carbonyl (C=O) groups is 1. The Morgan fingerprint density at radius 3 is 3.11 bits per heavy atom. The molecule has 106 valence electrons. The first-order valence-electron chi connectivity index (χ1n) is 7.16. The SMILES string of the molecule is CCCCN(Cc1ccsc1)C(=O)CC1CCOC1. The van der Waals surface area contributed by atoms with E-state index in [0.717, 1.165) is 45.6 Å². The Balaban J connectivity index is 1.89. The van der Waals surface area contributed by atoms with Gasteiger partial charge in [0.1, 0.15) is 0 Å².